The number of likely N-dealkylation sites (N-methyl/N-ethyl adjacent to an activating group) is 1. The van der Waals surface area contributed by atoms with Crippen molar-refractivity contribution in [2.75, 3.05) is 44.7 Å². The Balaban J connectivity index is 1.62. The van der Waals surface area contributed by atoms with Crippen molar-refractivity contribution in [1.29, 1.82) is 0 Å². The Hall–Kier alpha value is -1.20. The summed E-state index contributed by atoms with van der Waals surface area (Å²) in [5.41, 5.74) is 2.63. The van der Waals surface area contributed by atoms with Gasteiger partial charge in [-0.05, 0) is 26.4 Å². The smallest absolute Gasteiger partial charge is 0.136 e. The Kier molecular flexibility index (Phi) is 3.11. The molecule has 0 aromatic carbocycles. The molecule has 0 saturated carbocycles. The number of piperazine rings is 1. The summed E-state index contributed by atoms with van der Waals surface area (Å²) < 4.78 is 0. The second-order valence-corrected chi connectivity index (χ2v) is 6.39. The number of hydrogen-bond acceptors (Lipinski definition) is 5. The molecule has 20 heavy (non-hydrogen) atoms. The quantitative estimate of drug-likeness (QED) is 0.754. The van der Waals surface area contributed by atoms with E-state index in [9.17, 15) is 0 Å². The molecule has 0 spiro atoms. The Morgan fingerprint density at radius 3 is 3.05 bits per heavy atom. The first-order valence-corrected chi connectivity index (χ1v) is 7.81. The molecule has 5 nitrogen and oxygen atoms in total. The lowest BCUT2D eigenvalue weighted by molar-refractivity contribution is 0.229. The van der Waals surface area contributed by atoms with Crippen LogP contribution < -0.4 is 4.90 Å². The molecule has 0 unspecified atom stereocenters. The highest BCUT2D eigenvalue weighted by molar-refractivity contribution is 5.50. The van der Waals surface area contributed by atoms with Crippen molar-refractivity contribution in [3.63, 3.8) is 0 Å². The van der Waals surface area contributed by atoms with Crippen LogP contribution in [-0.2, 0) is 13.0 Å². The molecule has 3 aliphatic heterocycles. The maximum atomic E-state index is 4.63. The molecule has 0 bridgehead atoms. The molecule has 4 rings (SSSR count). The van der Waals surface area contributed by atoms with Crippen LogP contribution in [0.4, 0.5) is 5.82 Å². The summed E-state index contributed by atoms with van der Waals surface area (Å²) >= 11 is 0. The van der Waals surface area contributed by atoms with E-state index in [2.05, 4.69) is 31.7 Å². The van der Waals surface area contributed by atoms with E-state index in [0.29, 0.717) is 0 Å². The molecule has 2 saturated heterocycles. The third-order valence-corrected chi connectivity index (χ3v) is 5.06. The highest BCUT2D eigenvalue weighted by Crippen LogP contribution is 2.29. The van der Waals surface area contributed by atoms with Gasteiger partial charge in [-0.3, -0.25) is 4.90 Å². The summed E-state index contributed by atoms with van der Waals surface area (Å²) in [5.74, 6) is 1.20. The third-order valence-electron chi connectivity index (χ3n) is 5.06. The summed E-state index contributed by atoms with van der Waals surface area (Å²) in [6.07, 6.45) is 5.54. The second-order valence-electron chi connectivity index (χ2n) is 6.39. The maximum Gasteiger partial charge on any atom is 0.136 e. The largest absolute Gasteiger partial charge is 0.353 e. The van der Waals surface area contributed by atoms with Crippen LogP contribution in [0, 0.1) is 0 Å². The van der Waals surface area contributed by atoms with E-state index in [4.69, 9.17) is 0 Å². The van der Waals surface area contributed by atoms with Gasteiger partial charge in [-0.1, -0.05) is 0 Å². The molecular weight excluding hydrogens is 250 g/mol. The summed E-state index contributed by atoms with van der Waals surface area (Å²) in [7, 11) is 2.19. The van der Waals surface area contributed by atoms with E-state index in [1.54, 1.807) is 6.33 Å². The molecule has 1 aromatic rings. The Bertz CT molecular complexity index is 503. The van der Waals surface area contributed by atoms with Crippen LogP contribution in [0.15, 0.2) is 6.33 Å². The molecule has 0 N–H and O–H groups in total. The molecule has 5 heteroatoms. The van der Waals surface area contributed by atoms with Crippen molar-refractivity contribution in [1.82, 2.24) is 19.8 Å². The Labute approximate surface area is 120 Å². The maximum absolute atomic E-state index is 4.63. The zero-order valence-corrected chi connectivity index (χ0v) is 12.3. The fourth-order valence-corrected chi connectivity index (χ4v) is 3.92. The molecule has 4 heterocycles. The predicted molar refractivity (Wildman–Crippen MR) is 78.9 cm³/mol. The van der Waals surface area contributed by atoms with Crippen LogP contribution in [0.1, 0.15) is 24.1 Å². The summed E-state index contributed by atoms with van der Waals surface area (Å²) in [5, 5.41) is 0. The topological polar surface area (TPSA) is 35.5 Å². The highest BCUT2D eigenvalue weighted by atomic mass is 15.3. The van der Waals surface area contributed by atoms with E-state index in [0.717, 1.165) is 38.6 Å². The van der Waals surface area contributed by atoms with Gasteiger partial charge >= 0.3 is 0 Å². The molecule has 3 aliphatic rings. The summed E-state index contributed by atoms with van der Waals surface area (Å²) in [6.45, 7) is 6.86. The minimum Gasteiger partial charge on any atom is -0.353 e. The third kappa shape index (κ3) is 2.09. The van der Waals surface area contributed by atoms with Crippen LogP contribution >= 0.6 is 0 Å². The lowest BCUT2D eigenvalue weighted by Gasteiger charge is -2.39. The fourth-order valence-electron chi connectivity index (χ4n) is 3.92. The summed E-state index contributed by atoms with van der Waals surface area (Å²) in [4.78, 5) is 16.7. The molecule has 1 aromatic heterocycles. The van der Waals surface area contributed by atoms with Crippen LogP contribution in [0.3, 0.4) is 0 Å². The van der Waals surface area contributed by atoms with E-state index >= 15 is 0 Å². The lowest BCUT2D eigenvalue weighted by Crippen LogP contribution is -2.51. The van der Waals surface area contributed by atoms with Crippen LogP contribution in [-0.4, -0.2) is 65.6 Å². The average Bonchev–Trinajstić information content (AvgIpc) is 2.94. The molecule has 0 radical (unpaired) electrons. The van der Waals surface area contributed by atoms with Crippen LogP contribution in [0.5, 0.6) is 0 Å². The van der Waals surface area contributed by atoms with Gasteiger partial charge in [-0.2, -0.15) is 0 Å². The van der Waals surface area contributed by atoms with E-state index in [1.165, 1.54) is 43.0 Å². The summed E-state index contributed by atoms with van der Waals surface area (Å²) in [6, 6.07) is 0.746. The SMILES string of the molecule is CN1CCc2ncnc(N3CCN4CCC[C@H]4C3)c2C1. The molecule has 1 atom stereocenters. The average molecular weight is 273 g/mol. The predicted octanol–water partition coefficient (Wildman–Crippen LogP) is 0.749. The molecule has 0 amide bonds. The first-order valence-electron chi connectivity index (χ1n) is 7.81. The van der Waals surface area contributed by atoms with Crippen LogP contribution in [0.2, 0.25) is 0 Å². The van der Waals surface area contributed by atoms with Crippen molar-refractivity contribution in [2.24, 2.45) is 0 Å². The first kappa shape index (κ1) is 12.5. The first-order chi connectivity index (χ1) is 9.81. The number of fused-ring (bicyclic) bond motifs is 2. The zero-order valence-electron chi connectivity index (χ0n) is 12.3. The Morgan fingerprint density at radius 1 is 1.15 bits per heavy atom. The number of nitrogens with zero attached hydrogens (tertiary/aromatic N) is 5. The number of aromatic nitrogens is 2. The number of hydrogen-bond donors (Lipinski definition) is 0. The van der Waals surface area contributed by atoms with Gasteiger partial charge in [0.25, 0.3) is 0 Å². The van der Waals surface area contributed by atoms with E-state index < -0.39 is 0 Å². The van der Waals surface area contributed by atoms with Gasteiger partial charge < -0.3 is 9.80 Å². The minimum atomic E-state index is 0.746. The standard InChI is InChI=1S/C15H23N5/c1-18-6-4-14-13(10-18)15(17-11-16-14)20-8-7-19-5-2-3-12(19)9-20/h11-12H,2-10H2,1H3/t12-/m0/s1. The fraction of sp³-hybridized carbons (Fsp3) is 0.733. The van der Waals surface area contributed by atoms with E-state index in [1.807, 2.05) is 0 Å². The van der Waals surface area contributed by atoms with Gasteiger partial charge in [0.15, 0.2) is 0 Å². The molecular formula is C15H23N5. The van der Waals surface area contributed by atoms with Gasteiger partial charge in [0.05, 0.1) is 5.69 Å². The number of rotatable bonds is 1. The minimum absolute atomic E-state index is 0.746. The van der Waals surface area contributed by atoms with Crippen LogP contribution in [0.25, 0.3) is 0 Å². The zero-order chi connectivity index (χ0) is 13.5. The Morgan fingerprint density at radius 2 is 2.10 bits per heavy atom. The second kappa shape index (κ2) is 4.97. The molecule has 0 aliphatic carbocycles. The molecule has 108 valence electrons. The van der Waals surface area contributed by atoms with Crippen molar-refractivity contribution < 1.29 is 0 Å². The van der Waals surface area contributed by atoms with Crippen molar-refractivity contribution in [2.45, 2.75) is 31.8 Å². The van der Waals surface area contributed by atoms with Crippen molar-refractivity contribution >= 4 is 5.82 Å². The number of anilines is 1. The van der Waals surface area contributed by atoms with Gasteiger partial charge in [0.1, 0.15) is 12.1 Å². The lowest BCUT2D eigenvalue weighted by atomic mass is 10.1. The van der Waals surface area contributed by atoms with Gasteiger partial charge in [0, 0.05) is 50.7 Å². The normalized spacial score (nSPS) is 27.4. The van der Waals surface area contributed by atoms with Gasteiger partial charge in [0.2, 0.25) is 0 Å². The van der Waals surface area contributed by atoms with Crippen molar-refractivity contribution in [3.05, 3.63) is 17.6 Å². The van der Waals surface area contributed by atoms with E-state index in [-0.39, 0.29) is 0 Å². The monoisotopic (exact) mass is 273 g/mol. The highest BCUT2D eigenvalue weighted by Gasteiger charge is 2.32. The van der Waals surface area contributed by atoms with Crippen molar-refractivity contribution in [3.8, 4) is 0 Å². The van der Waals surface area contributed by atoms with Gasteiger partial charge in [-0.25, -0.2) is 9.97 Å². The molecule has 2 fully saturated rings. The van der Waals surface area contributed by atoms with Gasteiger partial charge in [-0.15, -0.1) is 0 Å².